The highest BCUT2D eigenvalue weighted by atomic mass is 19.1. The standard InChI is InChI=1S/C15H21F2N/c1-3-11-8-15(9-11,10-18-4-2)13-6-5-12(16)7-14(13)17/h5-7,11,18H,3-4,8-10H2,1-2H3. The van der Waals surface area contributed by atoms with Gasteiger partial charge in [-0.2, -0.15) is 0 Å². The third kappa shape index (κ3) is 2.41. The maximum absolute atomic E-state index is 14.0. The van der Waals surface area contributed by atoms with Gasteiger partial charge in [0.25, 0.3) is 0 Å². The SMILES string of the molecule is CCNCC1(c2ccc(F)cc2F)CC(CC)C1. The minimum atomic E-state index is -0.499. The predicted octanol–water partition coefficient (Wildman–Crippen LogP) is 3.63. The second-order valence-corrected chi connectivity index (χ2v) is 5.37. The topological polar surface area (TPSA) is 12.0 Å². The molecule has 0 spiro atoms. The van der Waals surface area contributed by atoms with E-state index in [0.29, 0.717) is 11.5 Å². The molecule has 0 saturated heterocycles. The maximum Gasteiger partial charge on any atom is 0.129 e. The van der Waals surface area contributed by atoms with Crippen LogP contribution in [0.15, 0.2) is 18.2 Å². The molecule has 3 heteroatoms. The van der Waals surface area contributed by atoms with Crippen LogP contribution in [0.3, 0.4) is 0 Å². The first kappa shape index (κ1) is 13.5. The van der Waals surface area contributed by atoms with Gasteiger partial charge < -0.3 is 5.32 Å². The number of nitrogens with one attached hydrogen (secondary N) is 1. The van der Waals surface area contributed by atoms with Gasteiger partial charge in [0.1, 0.15) is 11.6 Å². The van der Waals surface area contributed by atoms with Gasteiger partial charge in [0, 0.05) is 18.0 Å². The van der Waals surface area contributed by atoms with Gasteiger partial charge in [0.05, 0.1) is 0 Å². The minimum Gasteiger partial charge on any atom is -0.316 e. The summed E-state index contributed by atoms with van der Waals surface area (Å²) in [4.78, 5) is 0. The fourth-order valence-electron chi connectivity index (χ4n) is 3.08. The molecular weight excluding hydrogens is 232 g/mol. The van der Waals surface area contributed by atoms with Crippen LogP contribution < -0.4 is 5.32 Å². The molecule has 0 aliphatic heterocycles. The van der Waals surface area contributed by atoms with Gasteiger partial charge >= 0.3 is 0 Å². The number of hydrogen-bond donors (Lipinski definition) is 1. The average Bonchev–Trinajstić information content (AvgIpc) is 2.29. The molecule has 0 unspecified atom stereocenters. The van der Waals surface area contributed by atoms with Gasteiger partial charge in [-0.3, -0.25) is 0 Å². The Morgan fingerprint density at radius 2 is 2.00 bits per heavy atom. The van der Waals surface area contributed by atoms with Crippen LogP contribution in [0.25, 0.3) is 0 Å². The first-order valence-electron chi connectivity index (χ1n) is 6.77. The van der Waals surface area contributed by atoms with Crippen LogP contribution in [0, 0.1) is 17.6 Å². The minimum absolute atomic E-state index is 0.130. The van der Waals surface area contributed by atoms with Crippen molar-refractivity contribution < 1.29 is 8.78 Å². The van der Waals surface area contributed by atoms with E-state index in [1.54, 1.807) is 6.07 Å². The molecule has 1 aromatic rings. The Balaban J connectivity index is 2.24. The lowest BCUT2D eigenvalue weighted by molar-refractivity contribution is 0.130. The molecule has 1 N–H and O–H groups in total. The third-order valence-corrected chi connectivity index (χ3v) is 4.15. The van der Waals surface area contributed by atoms with Gasteiger partial charge in [0.2, 0.25) is 0 Å². The van der Waals surface area contributed by atoms with Crippen molar-refractivity contribution in [2.24, 2.45) is 5.92 Å². The fraction of sp³-hybridized carbons (Fsp3) is 0.600. The molecule has 0 radical (unpaired) electrons. The lowest BCUT2D eigenvalue weighted by Crippen LogP contribution is -2.49. The van der Waals surface area contributed by atoms with Crippen LogP contribution in [0.4, 0.5) is 8.78 Å². The van der Waals surface area contributed by atoms with Crippen LogP contribution in [-0.2, 0) is 5.41 Å². The molecule has 1 nitrogen and oxygen atoms in total. The average molecular weight is 253 g/mol. The van der Waals surface area contributed by atoms with E-state index < -0.39 is 11.6 Å². The smallest absolute Gasteiger partial charge is 0.129 e. The van der Waals surface area contributed by atoms with Gasteiger partial charge in [-0.05, 0) is 36.9 Å². The van der Waals surface area contributed by atoms with E-state index in [4.69, 9.17) is 0 Å². The van der Waals surface area contributed by atoms with E-state index in [1.165, 1.54) is 6.07 Å². The van der Waals surface area contributed by atoms with E-state index in [1.807, 2.05) is 6.92 Å². The fourth-order valence-corrected chi connectivity index (χ4v) is 3.08. The van der Waals surface area contributed by atoms with Crippen molar-refractivity contribution in [3.63, 3.8) is 0 Å². The summed E-state index contributed by atoms with van der Waals surface area (Å²) in [5.74, 6) is -0.225. The van der Waals surface area contributed by atoms with Crippen molar-refractivity contribution >= 4 is 0 Å². The highest BCUT2D eigenvalue weighted by Crippen LogP contribution is 2.49. The molecule has 0 atom stereocenters. The van der Waals surface area contributed by atoms with Gasteiger partial charge in [0.15, 0.2) is 0 Å². The Morgan fingerprint density at radius 3 is 2.56 bits per heavy atom. The Hall–Kier alpha value is -0.960. The summed E-state index contributed by atoms with van der Waals surface area (Å²) in [6.45, 7) is 5.87. The van der Waals surface area contributed by atoms with Crippen LogP contribution in [0.2, 0.25) is 0 Å². The van der Waals surface area contributed by atoms with Crippen molar-refractivity contribution in [2.45, 2.75) is 38.5 Å². The summed E-state index contributed by atoms with van der Waals surface area (Å²) < 4.78 is 27.0. The van der Waals surface area contributed by atoms with E-state index >= 15 is 0 Å². The number of benzene rings is 1. The molecule has 0 aromatic heterocycles. The van der Waals surface area contributed by atoms with Crippen LogP contribution >= 0.6 is 0 Å². The van der Waals surface area contributed by atoms with Crippen LogP contribution in [-0.4, -0.2) is 13.1 Å². The first-order valence-corrected chi connectivity index (χ1v) is 6.77. The highest BCUT2D eigenvalue weighted by molar-refractivity contribution is 5.31. The van der Waals surface area contributed by atoms with Crippen LogP contribution in [0.5, 0.6) is 0 Å². The number of hydrogen-bond acceptors (Lipinski definition) is 1. The molecule has 1 aliphatic carbocycles. The molecule has 0 bridgehead atoms. The number of halogens is 2. The summed E-state index contributed by atoms with van der Waals surface area (Å²) in [7, 11) is 0. The first-order chi connectivity index (χ1) is 8.61. The van der Waals surface area contributed by atoms with Gasteiger partial charge in [-0.25, -0.2) is 8.78 Å². The van der Waals surface area contributed by atoms with Gasteiger partial charge in [-0.15, -0.1) is 0 Å². The normalized spacial score (nSPS) is 27.0. The van der Waals surface area contributed by atoms with E-state index in [0.717, 1.165) is 38.4 Å². The summed E-state index contributed by atoms with van der Waals surface area (Å²) >= 11 is 0. The summed E-state index contributed by atoms with van der Waals surface area (Å²) in [6.07, 6.45) is 3.13. The molecule has 1 aliphatic rings. The molecule has 1 aromatic carbocycles. The van der Waals surface area contributed by atoms with Crippen molar-refractivity contribution in [1.82, 2.24) is 5.32 Å². The van der Waals surface area contributed by atoms with E-state index in [-0.39, 0.29) is 5.41 Å². The largest absolute Gasteiger partial charge is 0.316 e. The van der Waals surface area contributed by atoms with Crippen LogP contribution in [0.1, 0.15) is 38.7 Å². The zero-order valence-corrected chi connectivity index (χ0v) is 11.1. The van der Waals surface area contributed by atoms with Crippen molar-refractivity contribution in [3.05, 3.63) is 35.4 Å². The Morgan fingerprint density at radius 1 is 1.28 bits per heavy atom. The number of likely N-dealkylation sites (N-methyl/N-ethyl adjacent to an activating group) is 1. The van der Waals surface area contributed by atoms with Gasteiger partial charge in [-0.1, -0.05) is 26.3 Å². The van der Waals surface area contributed by atoms with E-state index in [2.05, 4.69) is 12.2 Å². The van der Waals surface area contributed by atoms with Crippen molar-refractivity contribution in [1.29, 1.82) is 0 Å². The molecule has 2 rings (SSSR count). The molecule has 1 saturated carbocycles. The molecular formula is C15H21F2N. The number of rotatable bonds is 5. The Bertz CT molecular complexity index is 405. The monoisotopic (exact) mass is 253 g/mol. The third-order valence-electron chi connectivity index (χ3n) is 4.15. The Labute approximate surface area is 108 Å². The Kier molecular flexibility index (Phi) is 4.00. The quantitative estimate of drug-likeness (QED) is 0.845. The summed E-state index contributed by atoms with van der Waals surface area (Å²) in [5.41, 5.74) is 0.545. The maximum atomic E-state index is 14.0. The summed E-state index contributed by atoms with van der Waals surface area (Å²) in [5, 5.41) is 3.32. The van der Waals surface area contributed by atoms with E-state index in [9.17, 15) is 8.78 Å². The molecule has 1 fully saturated rings. The predicted molar refractivity (Wildman–Crippen MR) is 69.6 cm³/mol. The summed E-state index contributed by atoms with van der Waals surface area (Å²) in [6, 6.07) is 3.99. The molecule has 18 heavy (non-hydrogen) atoms. The second kappa shape index (κ2) is 5.35. The lowest BCUT2D eigenvalue weighted by Gasteiger charge is -2.48. The second-order valence-electron chi connectivity index (χ2n) is 5.37. The zero-order valence-electron chi connectivity index (χ0n) is 11.1. The van der Waals surface area contributed by atoms with Crippen molar-refractivity contribution in [2.75, 3.05) is 13.1 Å². The van der Waals surface area contributed by atoms with Crippen molar-refractivity contribution in [3.8, 4) is 0 Å². The highest BCUT2D eigenvalue weighted by Gasteiger charge is 2.45. The molecule has 100 valence electrons. The zero-order chi connectivity index (χ0) is 13.2. The molecule has 0 amide bonds. The molecule has 0 heterocycles. The lowest BCUT2D eigenvalue weighted by atomic mass is 9.57.